The fourth-order valence-electron chi connectivity index (χ4n) is 3.82. The van der Waals surface area contributed by atoms with Crippen LogP contribution in [0.15, 0.2) is 41.1 Å². The van der Waals surface area contributed by atoms with Crippen LogP contribution >= 0.6 is 0 Å². The Morgan fingerprint density at radius 3 is 2.11 bits per heavy atom. The van der Waals surface area contributed by atoms with E-state index in [4.69, 9.17) is 33.7 Å². The van der Waals surface area contributed by atoms with Crippen molar-refractivity contribution < 1.29 is 60.0 Å². The number of morpholine rings is 1. The minimum Gasteiger partial charge on any atom is -0.475 e. The average molecular weight is 556 g/mol. The molecular weight excluding hydrogens is 530 g/mol. The van der Waals surface area contributed by atoms with Gasteiger partial charge in [0.15, 0.2) is 0 Å². The van der Waals surface area contributed by atoms with Gasteiger partial charge in [0.1, 0.15) is 11.5 Å². The van der Waals surface area contributed by atoms with Gasteiger partial charge in [0.25, 0.3) is 0 Å². The normalized spacial score (nSPS) is 21.4. The van der Waals surface area contributed by atoms with E-state index >= 15 is 0 Å². The van der Waals surface area contributed by atoms with Crippen LogP contribution in [0.4, 0.5) is 26.3 Å². The number of aliphatic carboxylic acids is 2. The number of aromatic nitrogens is 1. The average Bonchev–Trinajstić information content (AvgIpc) is 3.44. The van der Waals surface area contributed by atoms with Crippen LogP contribution in [0.3, 0.4) is 0 Å². The van der Waals surface area contributed by atoms with Crippen LogP contribution in [-0.4, -0.2) is 75.8 Å². The number of nitrogens with zero attached hydrogens (tertiary/aromatic N) is 2. The standard InChI is InChI=1S/C19H24N2O3.2C2HF3O2/c1-14-2-3-16(24-14)12-21-10-11-22-19-17(21)4-5-18(19)23-13-15-6-8-20-9-7-15;2*3-2(4,5)1(6)7/h2-3,6-9,17-19H,4-5,10-13H2,1H3;2*(H,6,7)/t17-,18-,19+;;/m0../s1. The lowest BCUT2D eigenvalue weighted by Crippen LogP contribution is -2.51. The Kier molecular flexibility index (Phi) is 11.1. The van der Waals surface area contributed by atoms with Crippen molar-refractivity contribution in [2.45, 2.75) is 63.5 Å². The molecule has 1 aliphatic heterocycles. The number of hydrogen-bond donors (Lipinski definition) is 2. The highest BCUT2D eigenvalue weighted by Gasteiger charge is 2.43. The largest absolute Gasteiger partial charge is 0.490 e. The Morgan fingerprint density at radius 1 is 1.03 bits per heavy atom. The van der Waals surface area contributed by atoms with E-state index in [2.05, 4.69) is 16.0 Å². The van der Waals surface area contributed by atoms with E-state index in [1.54, 1.807) is 12.4 Å². The zero-order chi connectivity index (χ0) is 28.5. The molecular formula is C23H26F6N2O7. The molecule has 1 aliphatic carbocycles. The summed E-state index contributed by atoms with van der Waals surface area (Å²) in [5.74, 6) is -3.51. The molecule has 2 fully saturated rings. The topological polar surface area (TPSA) is 122 Å². The van der Waals surface area contributed by atoms with Gasteiger partial charge in [-0.15, -0.1) is 0 Å². The SMILES string of the molecule is Cc1ccc(CN2CCO[C@H]3[C@@H](OCc4ccncc4)CC[C@@H]32)o1.O=C(O)C(F)(F)F.O=C(O)C(F)(F)F. The van der Waals surface area contributed by atoms with Crippen LogP contribution in [-0.2, 0) is 32.2 Å². The van der Waals surface area contributed by atoms with Crippen LogP contribution in [0.5, 0.6) is 0 Å². The van der Waals surface area contributed by atoms with E-state index < -0.39 is 24.3 Å². The first-order chi connectivity index (χ1) is 17.7. The third-order valence-corrected chi connectivity index (χ3v) is 5.50. The highest BCUT2D eigenvalue weighted by molar-refractivity contribution is 5.73. The Hall–Kier alpha value is -3.17. The maximum Gasteiger partial charge on any atom is 0.490 e. The minimum absolute atomic E-state index is 0.164. The van der Waals surface area contributed by atoms with Crippen molar-refractivity contribution in [2.24, 2.45) is 0 Å². The van der Waals surface area contributed by atoms with E-state index in [0.717, 1.165) is 49.6 Å². The van der Waals surface area contributed by atoms with Crippen molar-refractivity contribution >= 4 is 11.9 Å². The van der Waals surface area contributed by atoms with E-state index in [0.29, 0.717) is 12.6 Å². The highest BCUT2D eigenvalue weighted by atomic mass is 19.4. The van der Waals surface area contributed by atoms with Gasteiger partial charge in [-0.05, 0) is 49.6 Å². The van der Waals surface area contributed by atoms with E-state index in [9.17, 15) is 26.3 Å². The maximum absolute atomic E-state index is 10.6. The van der Waals surface area contributed by atoms with Crippen molar-refractivity contribution in [3.8, 4) is 0 Å². The van der Waals surface area contributed by atoms with Gasteiger partial charge in [-0.1, -0.05) is 0 Å². The quantitative estimate of drug-likeness (QED) is 0.522. The molecule has 2 aliphatic rings. The van der Waals surface area contributed by atoms with Crippen LogP contribution in [0.2, 0.25) is 0 Å². The molecule has 0 unspecified atom stereocenters. The van der Waals surface area contributed by atoms with Gasteiger partial charge in [-0.2, -0.15) is 26.3 Å². The van der Waals surface area contributed by atoms with Crippen molar-refractivity contribution in [3.63, 3.8) is 0 Å². The summed E-state index contributed by atoms with van der Waals surface area (Å²) in [5, 5.41) is 14.2. The first-order valence-electron chi connectivity index (χ1n) is 11.2. The van der Waals surface area contributed by atoms with Crippen LogP contribution in [0, 0.1) is 6.92 Å². The van der Waals surface area contributed by atoms with Gasteiger partial charge >= 0.3 is 24.3 Å². The summed E-state index contributed by atoms with van der Waals surface area (Å²) in [7, 11) is 0. The molecule has 1 saturated heterocycles. The first-order valence-corrected chi connectivity index (χ1v) is 11.2. The number of rotatable bonds is 5. The molecule has 38 heavy (non-hydrogen) atoms. The molecule has 0 spiro atoms. The molecule has 0 amide bonds. The van der Waals surface area contributed by atoms with Crippen molar-refractivity contribution in [3.05, 3.63) is 53.7 Å². The van der Waals surface area contributed by atoms with Gasteiger partial charge < -0.3 is 24.1 Å². The summed E-state index contributed by atoms with van der Waals surface area (Å²) in [4.78, 5) is 24.3. The second kappa shape index (κ2) is 13.6. The number of halogens is 6. The molecule has 2 N–H and O–H groups in total. The van der Waals surface area contributed by atoms with Gasteiger partial charge in [0.05, 0.1) is 32.0 Å². The number of carboxylic acids is 2. The molecule has 212 valence electrons. The molecule has 1 saturated carbocycles. The number of carboxylic acid groups (broad SMARTS) is 2. The Morgan fingerprint density at radius 2 is 1.61 bits per heavy atom. The summed E-state index contributed by atoms with van der Waals surface area (Å²) < 4.78 is 81.4. The Balaban J connectivity index is 0.000000301. The molecule has 2 aromatic rings. The number of fused-ring (bicyclic) bond motifs is 1. The smallest absolute Gasteiger partial charge is 0.475 e. The molecule has 4 rings (SSSR count). The van der Waals surface area contributed by atoms with Crippen LogP contribution < -0.4 is 0 Å². The predicted octanol–water partition coefficient (Wildman–Crippen LogP) is 4.20. The number of hydrogen-bond acceptors (Lipinski definition) is 7. The molecule has 9 nitrogen and oxygen atoms in total. The number of aryl methyl sites for hydroxylation is 1. The van der Waals surface area contributed by atoms with E-state index in [1.807, 2.05) is 25.1 Å². The number of furan rings is 1. The third kappa shape index (κ3) is 9.95. The minimum atomic E-state index is -5.08. The molecule has 2 aromatic heterocycles. The van der Waals surface area contributed by atoms with E-state index in [-0.39, 0.29) is 12.2 Å². The van der Waals surface area contributed by atoms with Crippen molar-refractivity contribution in [2.75, 3.05) is 13.2 Å². The van der Waals surface area contributed by atoms with Gasteiger partial charge in [-0.3, -0.25) is 9.88 Å². The Bertz CT molecular complexity index is 1010. The number of pyridine rings is 1. The fourth-order valence-corrected chi connectivity index (χ4v) is 3.82. The predicted molar refractivity (Wildman–Crippen MR) is 117 cm³/mol. The lowest BCUT2D eigenvalue weighted by atomic mass is 10.1. The fraction of sp³-hybridized carbons (Fsp3) is 0.522. The number of carbonyl (C=O) groups is 2. The second-order valence-electron chi connectivity index (χ2n) is 8.27. The summed E-state index contributed by atoms with van der Waals surface area (Å²) in [5.41, 5.74) is 1.16. The van der Waals surface area contributed by atoms with Gasteiger partial charge in [-0.25, -0.2) is 9.59 Å². The summed E-state index contributed by atoms with van der Waals surface area (Å²) in [6, 6.07) is 8.53. The van der Waals surface area contributed by atoms with Crippen molar-refractivity contribution in [1.29, 1.82) is 0 Å². The van der Waals surface area contributed by atoms with Crippen LogP contribution in [0.1, 0.15) is 29.9 Å². The molecule has 3 atom stereocenters. The number of ether oxygens (including phenoxy) is 2. The molecule has 0 bridgehead atoms. The summed E-state index contributed by atoms with van der Waals surface area (Å²) in [6.45, 7) is 5.19. The highest BCUT2D eigenvalue weighted by Crippen LogP contribution is 2.33. The lowest BCUT2D eigenvalue weighted by molar-refractivity contribution is -0.193. The Labute approximate surface area is 213 Å². The molecule has 3 heterocycles. The van der Waals surface area contributed by atoms with Gasteiger partial charge in [0.2, 0.25) is 0 Å². The monoisotopic (exact) mass is 556 g/mol. The third-order valence-electron chi connectivity index (χ3n) is 5.50. The van der Waals surface area contributed by atoms with Crippen molar-refractivity contribution in [1.82, 2.24) is 9.88 Å². The zero-order valence-corrected chi connectivity index (χ0v) is 20.0. The summed E-state index contributed by atoms with van der Waals surface area (Å²) >= 11 is 0. The molecule has 0 aromatic carbocycles. The van der Waals surface area contributed by atoms with Gasteiger partial charge in [0, 0.05) is 25.0 Å². The first kappa shape index (κ1) is 31.1. The van der Waals surface area contributed by atoms with E-state index in [1.165, 1.54) is 0 Å². The van der Waals surface area contributed by atoms with Crippen LogP contribution in [0.25, 0.3) is 0 Å². The summed E-state index contributed by atoms with van der Waals surface area (Å²) in [6.07, 6.45) is -4.05. The lowest BCUT2D eigenvalue weighted by Gasteiger charge is -2.38. The molecule has 0 radical (unpaired) electrons. The maximum atomic E-state index is 10.6. The number of alkyl halides is 6. The second-order valence-corrected chi connectivity index (χ2v) is 8.27. The zero-order valence-electron chi connectivity index (χ0n) is 20.0. The molecule has 15 heteroatoms.